The van der Waals surface area contributed by atoms with E-state index in [0.717, 1.165) is 25.9 Å². The first-order chi connectivity index (χ1) is 14.5. The third kappa shape index (κ3) is 4.29. The number of rotatable bonds is 6. The van der Waals surface area contributed by atoms with Crippen molar-refractivity contribution in [2.45, 2.75) is 56.9 Å². The van der Waals surface area contributed by atoms with Crippen LogP contribution < -0.4 is 0 Å². The number of hydrogen-bond donors (Lipinski definition) is 0. The van der Waals surface area contributed by atoms with Crippen molar-refractivity contribution in [3.05, 3.63) is 66.0 Å². The van der Waals surface area contributed by atoms with Crippen LogP contribution in [0.25, 0.3) is 0 Å². The van der Waals surface area contributed by atoms with E-state index < -0.39 is 0 Å². The highest BCUT2D eigenvalue weighted by atomic mass is 16.2. The van der Waals surface area contributed by atoms with Crippen molar-refractivity contribution in [2.24, 2.45) is 5.41 Å². The van der Waals surface area contributed by atoms with Gasteiger partial charge in [-0.05, 0) is 87.7 Å². The standard InChI is InChI=1S/C26H35N3O/c1-28(2)26(23-8-4-3-5-9-23)15-13-25(14-16-26)17-20-29(21-25)24(30)10-6-7-22-11-18-27-19-12-22/h3-5,8-9,11-12,18-19H,6-7,10,13-17,20-21H2,1-2H3/t25-,26-. The van der Waals surface area contributed by atoms with Crippen LogP contribution in [0.5, 0.6) is 0 Å². The van der Waals surface area contributed by atoms with E-state index in [1.807, 2.05) is 24.5 Å². The van der Waals surface area contributed by atoms with E-state index in [1.54, 1.807) is 0 Å². The molecule has 0 radical (unpaired) electrons. The van der Waals surface area contributed by atoms with E-state index in [4.69, 9.17) is 0 Å². The Morgan fingerprint density at radius 3 is 2.37 bits per heavy atom. The van der Waals surface area contributed by atoms with Crippen molar-refractivity contribution in [3.63, 3.8) is 0 Å². The number of hydrogen-bond acceptors (Lipinski definition) is 3. The average molecular weight is 406 g/mol. The molecule has 2 fully saturated rings. The molecule has 160 valence electrons. The summed E-state index contributed by atoms with van der Waals surface area (Å²) in [5, 5.41) is 0. The molecule has 4 nitrogen and oxygen atoms in total. The quantitative estimate of drug-likeness (QED) is 0.702. The fourth-order valence-electron chi connectivity index (χ4n) is 5.64. The first-order valence-corrected chi connectivity index (χ1v) is 11.4. The van der Waals surface area contributed by atoms with Crippen LogP contribution in [0.1, 0.15) is 56.1 Å². The van der Waals surface area contributed by atoms with E-state index in [2.05, 4.69) is 59.2 Å². The van der Waals surface area contributed by atoms with Crippen molar-refractivity contribution in [1.82, 2.24) is 14.8 Å². The maximum Gasteiger partial charge on any atom is 0.222 e. The van der Waals surface area contributed by atoms with Gasteiger partial charge >= 0.3 is 0 Å². The maximum absolute atomic E-state index is 12.8. The lowest BCUT2D eigenvalue weighted by Gasteiger charge is -2.49. The molecule has 30 heavy (non-hydrogen) atoms. The van der Waals surface area contributed by atoms with Crippen molar-refractivity contribution in [2.75, 3.05) is 27.2 Å². The largest absolute Gasteiger partial charge is 0.342 e. The fraction of sp³-hybridized carbons (Fsp3) is 0.538. The van der Waals surface area contributed by atoms with Gasteiger partial charge in [0.05, 0.1) is 0 Å². The molecule has 1 aromatic heterocycles. The number of carbonyl (C=O) groups excluding carboxylic acids is 1. The zero-order chi connectivity index (χ0) is 21.0. The van der Waals surface area contributed by atoms with Crippen LogP contribution >= 0.6 is 0 Å². The summed E-state index contributed by atoms with van der Waals surface area (Å²) in [6.45, 7) is 1.90. The molecule has 2 aliphatic rings. The number of nitrogens with zero attached hydrogens (tertiary/aromatic N) is 3. The third-order valence-electron chi connectivity index (χ3n) is 7.70. The molecule has 0 unspecified atom stereocenters. The molecular formula is C26H35N3O. The van der Waals surface area contributed by atoms with Gasteiger partial charge in [0.2, 0.25) is 5.91 Å². The lowest BCUT2D eigenvalue weighted by Crippen LogP contribution is -2.47. The highest BCUT2D eigenvalue weighted by molar-refractivity contribution is 5.76. The highest BCUT2D eigenvalue weighted by Gasteiger charge is 2.48. The first-order valence-electron chi connectivity index (χ1n) is 11.4. The third-order valence-corrected chi connectivity index (χ3v) is 7.70. The second-order valence-corrected chi connectivity index (χ2v) is 9.57. The zero-order valence-electron chi connectivity index (χ0n) is 18.5. The summed E-state index contributed by atoms with van der Waals surface area (Å²) in [4.78, 5) is 21.5. The minimum atomic E-state index is 0.133. The minimum absolute atomic E-state index is 0.133. The number of likely N-dealkylation sites (tertiary alicyclic amines) is 1. The number of pyridine rings is 1. The highest BCUT2D eigenvalue weighted by Crippen LogP contribution is 2.51. The van der Waals surface area contributed by atoms with E-state index in [-0.39, 0.29) is 5.54 Å². The Morgan fingerprint density at radius 2 is 1.70 bits per heavy atom. The monoisotopic (exact) mass is 405 g/mol. The predicted molar refractivity (Wildman–Crippen MR) is 121 cm³/mol. The second kappa shape index (κ2) is 8.89. The molecular weight excluding hydrogens is 370 g/mol. The molecule has 1 saturated carbocycles. The van der Waals surface area contributed by atoms with E-state index in [0.29, 0.717) is 17.7 Å². The predicted octanol–water partition coefficient (Wildman–Crippen LogP) is 4.65. The topological polar surface area (TPSA) is 36.4 Å². The van der Waals surface area contributed by atoms with Crippen LogP contribution in [0.4, 0.5) is 0 Å². The Balaban J connectivity index is 1.32. The van der Waals surface area contributed by atoms with Crippen molar-refractivity contribution in [3.8, 4) is 0 Å². The fourth-order valence-corrected chi connectivity index (χ4v) is 5.64. The Kier molecular flexibility index (Phi) is 6.24. The number of benzene rings is 1. The molecule has 4 heteroatoms. The average Bonchev–Trinajstić information content (AvgIpc) is 3.19. The number of amides is 1. The van der Waals surface area contributed by atoms with E-state index in [9.17, 15) is 4.79 Å². The van der Waals surface area contributed by atoms with Gasteiger partial charge in [-0.1, -0.05) is 30.3 Å². The van der Waals surface area contributed by atoms with Gasteiger partial charge in [-0.3, -0.25) is 14.7 Å². The number of aryl methyl sites for hydroxylation is 1. The van der Waals surface area contributed by atoms with Gasteiger partial charge in [-0.25, -0.2) is 0 Å². The second-order valence-electron chi connectivity index (χ2n) is 9.57. The summed E-state index contributed by atoms with van der Waals surface area (Å²) < 4.78 is 0. The lowest BCUT2D eigenvalue weighted by molar-refractivity contribution is -0.130. The molecule has 1 spiro atoms. The Bertz CT molecular complexity index is 826. The van der Waals surface area contributed by atoms with Crippen LogP contribution in [0, 0.1) is 5.41 Å². The number of carbonyl (C=O) groups is 1. The molecule has 0 bridgehead atoms. The number of aromatic nitrogens is 1. The molecule has 1 aliphatic carbocycles. The summed E-state index contributed by atoms with van der Waals surface area (Å²) in [7, 11) is 4.44. The van der Waals surface area contributed by atoms with Crippen LogP contribution in [0.15, 0.2) is 54.9 Å². The van der Waals surface area contributed by atoms with Crippen LogP contribution in [-0.2, 0) is 16.8 Å². The normalized spacial score (nSPS) is 26.4. The smallest absolute Gasteiger partial charge is 0.222 e. The summed E-state index contributed by atoms with van der Waals surface area (Å²) in [5.41, 5.74) is 3.17. The van der Waals surface area contributed by atoms with Crippen LogP contribution in [0.3, 0.4) is 0 Å². The summed E-state index contributed by atoms with van der Waals surface area (Å²) in [6.07, 6.45) is 12.1. The van der Waals surface area contributed by atoms with Gasteiger partial charge in [0.15, 0.2) is 0 Å². The molecule has 4 rings (SSSR count). The van der Waals surface area contributed by atoms with Crippen molar-refractivity contribution < 1.29 is 4.79 Å². The van der Waals surface area contributed by atoms with Crippen molar-refractivity contribution in [1.29, 1.82) is 0 Å². The lowest BCUT2D eigenvalue weighted by atomic mass is 9.64. The molecule has 1 amide bonds. The Labute approximate surface area is 181 Å². The summed E-state index contributed by atoms with van der Waals surface area (Å²) >= 11 is 0. The van der Waals surface area contributed by atoms with Gasteiger partial charge in [-0.2, -0.15) is 0 Å². The molecule has 0 atom stereocenters. The molecule has 1 aromatic carbocycles. The van der Waals surface area contributed by atoms with Crippen molar-refractivity contribution >= 4 is 5.91 Å². The molecule has 0 N–H and O–H groups in total. The van der Waals surface area contributed by atoms with Crippen LogP contribution in [-0.4, -0.2) is 47.9 Å². The summed E-state index contributed by atoms with van der Waals surface area (Å²) in [6, 6.07) is 15.1. The molecule has 1 saturated heterocycles. The molecule has 2 aromatic rings. The molecule has 2 heterocycles. The van der Waals surface area contributed by atoms with Gasteiger partial charge in [0.1, 0.15) is 0 Å². The Morgan fingerprint density at radius 1 is 1.00 bits per heavy atom. The van der Waals surface area contributed by atoms with Crippen LogP contribution in [0.2, 0.25) is 0 Å². The SMILES string of the molecule is CN(C)[C@]1(c2ccccc2)CC[C@]2(CCN(C(=O)CCCc3ccncc3)C2)CC1. The maximum atomic E-state index is 12.8. The van der Waals surface area contributed by atoms with Gasteiger partial charge in [0.25, 0.3) is 0 Å². The van der Waals surface area contributed by atoms with E-state index >= 15 is 0 Å². The zero-order valence-corrected chi connectivity index (χ0v) is 18.5. The van der Waals surface area contributed by atoms with Gasteiger partial charge < -0.3 is 4.90 Å². The minimum Gasteiger partial charge on any atom is -0.342 e. The molecule has 1 aliphatic heterocycles. The first kappa shape index (κ1) is 21.0. The van der Waals surface area contributed by atoms with E-state index in [1.165, 1.54) is 43.2 Å². The summed E-state index contributed by atoms with van der Waals surface area (Å²) in [5.74, 6) is 0.341. The van der Waals surface area contributed by atoms with Gasteiger partial charge in [0, 0.05) is 37.4 Å². The Hall–Kier alpha value is -2.20. The van der Waals surface area contributed by atoms with Gasteiger partial charge in [-0.15, -0.1) is 0 Å².